The molecule has 2 atom stereocenters. The van der Waals surface area contributed by atoms with Crippen molar-refractivity contribution < 1.29 is 24.2 Å². The van der Waals surface area contributed by atoms with Crippen molar-refractivity contribution in [3.63, 3.8) is 0 Å². The van der Waals surface area contributed by atoms with Crippen LogP contribution >= 0.6 is 0 Å². The Morgan fingerprint density at radius 1 is 1.08 bits per heavy atom. The minimum atomic E-state index is -0.910. The molecule has 2 N–H and O–H groups in total. The second kappa shape index (κ2) is 7.91. The van der Waals surface area contributed by atoms with Crippen molar-refractivity contribution >= 4 is 11.9 Å². The molecule has 0 saturated heterocycles. The first-order valence-corrected chi connectivity index (χ1v) is 8.42. The third-order valence-electron chi connectivity index (χ3n) is 4.38. The van der Waals surface area contributed by atoms with E-state index < -0.39 is 17.8 Å². The lowest BCUT2D eigenvalue weighted by Crippen LogP contribution is -2.25. The highest BCUT2D eigenvalue weighted by molar-refractivity contribution is 5.89. The van der Waals surface area contributed by atoms with E-state index in [0.717, 1.165) is 11.1 Å². The van der Waals surface area contributed by atoms with Gasteiger partial charge in [-0.2, -0.15) is 0 Å². The van der Waals surface area contributed by atoms with Crippen LogP contribution in [0.2, 0.25) is 0 Å². The lowest BCUT2D eigenvalue weighted by atomic mass is 10.2. The molecule has 2 aromatic rings. The van der Waals surface area contributed by atoms with Crippen LogP contribution < -0.4 is 14.8 Å². The molecular formula is C20H21NO5. The number of methoxy groups -OCH3 is 1. The van der Waals surface area contributed by atoms with Crippen LogP contribution in [0.4, 0.5) is 0 Å². The molecule has 1 fully saturated rings. The predicted molar refractivity (Wildman–Crippen MR) is 94.8 cm³/mol. The Balaban J connectivity index is 1.56. The maximum absolute atomic E-state index is 11.9. The molecule has 1 saturated carbocycles. The number of carbonyl (C=O) groups excluding carboxylic acids is 1. The van der Waals surface area contributed by atoms with Crippen LogP contribution in [0, 0.1) is 11.8 Å². The van der Waals surface area contributed by atoms with Crippen molar-refractivity contribution in [1.29, 1.82) is 0 Å². The van der Waals surface area contributed by atoms with Crippen LogP contribution in [0.5, 0.6) is 11.5 Å². The molecule has 1 aliphatic rings. The van der Waals surface area contributed by atoms with Gasteiger partial charge in [-0.25, -0.2) is 0 Å². The van der Waals surface area contributed by atoms with Crippen molar-refractivity contribution in [3.05, 3.63) is 59.7 Å². The third kappa shape index (κ3) is 4.33. The Kier molecular flexibility index (Phi) is 5.41. The van der Waals surface area contributed by atoms with E-state index in [9.17, 15) is 9.59 Å². The number of aliphatic carboxylic acids is 1. The number of benzene rings is 2. The van der Waals surface area contributed by atoms with E-state index in [2.05, 4.69) is 5.32 Å². The van der Waals surface area contributed by atoms with Gasteiger partial charge in [-0.3, -0.25) is 9.59 Å². The number of carboxylic acid groups (broad SMARTS) is 1. The average Bonchev–Trinajstić information content (AvgIpc) is 3.47. The Morgan fingerprint density at radius 3 is 2.50 bits per heavy atom. The van der Waals surface area contributed by atoms with E-state index in [0.29, 0.717) is 31.1 Å². The summed E-state index contributed by atoms with van der Waals surface area (Å²) < 4.78 is 11.2. The minimum absolute atomic E-state index is 0.222. The first-order chi connectivity index (χ1) is 12.6. The molecule has 0 spiro atoms. The van der Waals surface area contributed by atoms with Crippen LogP contribution in [0.1, 0.15) is 17.5 Å². The zero-order chi connectivity index (χ0) is 18.5. The standard InChI is InChI=1S/C20H21NO5/c1-25-18-9-14(11-21-19(22)15-10-16(15)20(23)24)7-8-17(18)26-12-13-5-3-2-4-6-13/h2-9,15-16H,10-12H2,1H3,(H,21,22)(H,23,24). The van der Waals surface area contributed by atoms with Gasteiger partial charge in [0.15, 0.2) is 11.5 Å². The molecule has 136 valence electrons. The van der Waals surface area contributed by atoms with E-state index in [-0.39, 0.29) is 5.91 Å². The van der Waals surface area contributed by atoms with Crippen molar-refractivity contribution in [2.75, 3.05) is 7.11 Å². The zero-order valence-corrected chi connectivity index (χ0v) is 14.5. The summed E-state index contributed by atoms with van der Waals surface area (Å²) in [5, 5.41) is 11.7. The molecule has 0 radical (unpaired) electrons. The largest absolute Gasteiger partial charge is 0.493 e. The lowest BCUT2D eigenvalue weighted by molar-refractivity contribution is -0.140. The zero-order valence-electron chi connectivity index (χ0n) is 14.5. The highest BCUT2D eigenvalue weighted by Gasteiger charge is 2.48. The fraction of sp³-hybridized carbons (Fsp3) is 0.300. The summed E-state index contributed by atoms with van der Waals surface area (Å²) in [4.78, 5) is 22.8. The molecule has 2 aromatic carbocycles. The molecule has 1 aliphatic carbocycles. The molecule has 2 unspecified atom stereocenters. The van der Waals surface area contributed by atoms with Crippen LogP contribution in [-0.4, -0.2) is 24.1 Å². The molecule has 0 aromatic heterocycles. The summed E-state index contributed by atoms with van der Waals surface area (Å²) in [6.07, 6.45) is 0.413. The fourth-order valence-electron chi connectivity index (χ4n) is 2.75. The highest BCUT2D eigenvalue weighted by Crippen LogP contribution is 2.38. The van der Waals surface area contributed by atoms with E-state index in [4.69, 9.17) is 14.6 Å². The first kappa shape index (κ1) is 17.8. The summed E-state index contributed by atoms with van der Waals surface area (Å²) in [5.74, 6) is -0.879. The SMILES string of the molecule is COc1cc(CNC(=O)C2CC2C(=O)O)ccc1OCc1ccccc1. The van der Waals surface area contributed by atoms with Gasteiger partial charge >= 0.3 is 5.97 Å². The van der Waals surface area contributed by atoms with Crippen molar-refractivity contribution in [2.24, 2.45) is 11.8 Å². The molecule has 6 nitrogen and oxygen atoms in total. The Hall–Kier alpha value is -3.02. The average molecular weight is 355 g/mol. The topological polar surface area (TPSA) is 84.9 Å². The van der Waals surface area contributed by atoms with Crippen LogP contribution in [-0.2, 0) is 22.7 Å². The van der Waals surface area contributed by atoms with Gasteiger partial charge < -0.3 is 19.9 Å². The molecular weight excluding hydrogens is 334 g/mol. The van der Waals surface area contributed by atoms with E-state index in [1.165, 1.54) is 0 Å². The lowest BCUT2D eigenvalue weighted by Gasteiger charge is -2.13. The molecule has 6 heteroatoms. The molecule has 3 rings (SSSR count). The van der Waals surface area contributed by atoms with Gasteiger partial charge in [0.2, 0.25) is 5.91 Å². The molecule has 0 heterocycles. The van der Waals surface area contributed by atoms with Crippen molar-refractivity contribution in [3.8, 4) is 11.5 Å². The van der Waals surface area contributed by atoms with Crippen LogP contribution in [0.15, 0.2) is 48.5 Å². The number of carboxylic acids is 1. The summed E-state index contributed by atoms with van der Waals surface area (Å²) in [5.41, 5.74) is 1.91. The maximum Gasteiger partial charge on any atom is 0.307 e. The van der Waals surface area contributed by atoms with Gasteiger partial charge in [0, 0.05) is 6.54 Å². The monoisotopic (exact) mass is 355 g/mol. The van der Waals surface area contributed by atoms with Gasteiger partial charge in [0.25, 0.3) is 0 Å². The number of hydrogen-bond acceptors (Lipinski definition) is 4. The summed E-state index contributed by atoms with van der Waals surface area (Å²) >= 11 is 0. The number of carbonyl (C=O) groups is 2. The van der Waals surface area contributed by atoms with Crippen molar-refractivity contribution in [2.45, 2.75) is 19.6 Å². The van der Waals surface area contributed by atoms with Gasteiger partial charge in [-0.15, -0.1) is 0 Å². The number of ether oxygens (including phenoxy) is 2. The highest BCUT2D eigenvalue weighted by atomic mass is 16.5. The second-order valence-electron chi connectivity index (χ2n) is 6.26. The van der Waals surface area contributed by atoms with Gasteiger partial charge in [0.05, 0.1) is 18.9 Å². The molecule has 1 amide bonds. The maximum atomic E-state index is 11.9. The van der Waals surface area contributed by atoms with Crippen LogP contribution in [0.25, 0.3) is 0 Å². The first-order valence-electron chi connectivity index (χ1n) is 8.42. The quantitative estimate of drug-likeness (QED) is 0.760. The van der Waals surface area contributed by atoms with Gasteiger partial charge in [-0.1, -0.05) is 36.4 Å². The van der Waals surface area contributed by atoms with Crippen LogP contribution in [0.3, 0.4) is 0 Å². The van der Waals surface area contributed by atoms with E-state index >= 15 is 0 Å². The van der Waals surface area contributed by atoms with Gasteiger partial charge in [0.1, 0.15) is 6.61 Å². The predicted octanol–water partition coefficient (Wildman–Crippen LogP) is 2.61. The van der Waals surface area contributed by atoms with Crippen molar-refractivity contribution in [1.82, 2.24) is 5.32 Å². The molecule has 0 bridgehead atoms. The smallest absolute Gasteiger partial charge is 0.307 e. The molecule has 26 heavy (non-hydrogen) atoms. The number of nitrogens with one attached hydrogen (secondary N) is 1. The number of rotatable bonds is 8. The van der Waals surface area contributed by atoms with Gasteiger partial charge in [-0.05, 0) is 29.7 Å². The van der Waals surface area contributed by atoms with E-state index in [1.54, 1.807) is 13.2 Å². The third-order valence-corrected chi connectivity index (χ3v) is 4.38. The Bertz CT molecular complexity index is 790. The summed E-state index contributed by atoms with van der Waals surface area (Å²) in [6, 6.07) is 15.3. The molecule has 0 aliphatic heterocycles. The minimum Gasteiger partial charge on any atom is -0.493 e. The fourth-order valence-corrected chi connectivity index (χ4v) is 2.75. The summed E-state index contributed by atoms with van der Waals surface area (Å²) in [6.45, 7) is 0.753. The second-order valence-corrected chi connectivity index (χ2v) is 6.26. The normalized spacial score (nSPS) is 18.0. The van der Waals surface area contributed by atoms with E-state index in [1.807, 2.05) is 42.5 Å². The number of hydrogen-bond donors (Lipinski definition) is 2. The number of amides is 1. The summed E-state index contributed by atoms with van der Waals surface area (Å²) in [7, 11) is 1.56. The Morgan fingerprint density at radius 2 is 1.85 bits per heavy atom. The Labute approximate surface area is 151 Å².